The Hall–Kier alpha value is -1.49. The van der Waals surface area contributed by atoms with E-state index in [4.69, 9.17) is 0 Å². The standard InChI is InChI=1S/C22H26BrNOS/c1-5-20(18-12-14-19(23)15-13-18)21(24-26(25)22(2,3)4)16-11-17-9-7-6-8-10-17/h5-16,20-21,24H,1H2,2-4H3/b16-11+/t20-,21+,26-/m1/s1. The van der Waals surface area contributed by atoms with Gasteiger partial charge in [-0.3, -0.25) is 0 Å². The van der Waals surface area contributed by atoms with Gasteiger partial charge in [-0.2, -0.15) is 0 Å². The van der Waals surface area contributed by atoms with Crippen molar-refractivity contribution in [3.63, 3.8) is 0 Å². The van der Waals surface area contributed by atoms with Gasteiger partial charge in [-0.15, -0.1) is 6.58 Å². The highest BCUT2D eigenvalue weighted by molar-refractivity contribution is 9.10. The molecule has 0 unspecified atom stereocenters. The zero-order valence-corrected chi connectivity index (χ0v) is 17.9. The molecule has 4 heteroatoms. The van der Waals surface area contributed by atoms with Crippen molar-refractivity contribution < 1.29 is 4.21 Å². The molecule has 0 heterocycles. The fourth-order valence-corrected chi connectivity index (χ4v) is 3.58. The van der Waals surface area contributed by atoms with Crippen LogP contribution in [0.25, 0.3) is 6.08 Å². The average Bonchev–Trinajstić information content (AvgIpc) is 2.61. The summed E-state index contributed by atoms with van der Waals surface area (Å²) in [6.07, 6.45) is 6.05. The van der Waals surface area contributed by atoms with E-state index >= 15 is 0 Å². The summed E-state index contributed by atoms with van der Waals surface area (Å²) < 4.78 is 16.7. The molecule has 0 fully saturated rings. The van der Waals surface area contributed by atoms with Crippen LogP contribution >= 0.6 is 15.9 Å². The molecule has 1 N–H and O–H groups in total. The van der Waals surface area contributed by atoms with Crippen LogP contribution in [0.15, 0.2) is 77.8 Å². The van der Waals surface area contributed by atoms with Gasteiger partial charge in [-0.1, -0.05) is 76.6 Å². The van der Waals surface area contributed by atoms with Crippen LogP contribution in [0.5, 0.6) is 0 Å². The average molecular weight is 432 g/mol. The van der Waals surface area contributed by atoms with E-state index in [0.29, 0.717) is 0 Å². The van der Waals surface area contributed by atoms with Gasteiger partial charge in [0.25, 0.3) is 0 Å². The van der Waals surface area contributed by atoms with E-state index in [9.17, 15) is 4.21 Å². The Kier molecular flexibility index (Phi) is 7.56. The van der Waals surface area contributed by atoms with Crippen molar-refractivity contribution in [2.24, 2.45) is 0 Å². The molecular weight excluding hydrogens is 406 g/mol. The maximum atomic E-state index is 12.7. The second-order valence-electron chi connectivity index (χ2n) is 7.11. The molecule has 0 saturated carbocycles. The van der Waals surface area contributed by atoms with Gasteiger partial charge in [-0.05, 0) is 44.0 Å². The molecule has 0 spiro atoms. The van der Waals surface area contributed by atoms with Crippen LogP contribution in [-0.2, 0) is 11.0 Å². The van der Waals surface area contributed by atoms with Crippen LogP contribution in [0.3, 0.4) is 0 Å². The van der Waals surface area contributed by atoms with Gasteiger partial charge in [0.2, 0.25) is 0 Å². The summed E-state index contributed by atoms with van der Waals surface area (Å²) >= 11 is 3.48. The van der Waals surface area contributed by atoms with E-state index in [1.54, 1.807) is 0 Å². The first kappa shape index (κ1) is 20.8. The third kappa shape index (κ3) is 6.04. The number of benzene rings is 2. The minimum Gasteiger partial charge on any atom is -0.242 e. The monoisotopic (exact) mass is 431 g/mol. The van der Waals surface area contributed by atoms with E-state index in [1.807, 2.05) is 57.2 Å². The Bertz CT molecular complexity index is 763. The second-order valence-corrected chi connectivity index (χ2v) is 10.0. The normalized spacial score (nSPS) is 15.5. The summed E-state index contributed by atoms with van der Waals surface area (Å²) in [5.41, 5.74) is 2.24. The van der Waals surface area contributed by atoms with E-state index in [0.717, 1.165) is 15.6 Å². The summed E-state index contributed by atoms with van der Waals surface area (Å²) in [6.45, 7) is 9.93. The molecule has 3 atom stereocenters. The van der Waals surface area contributed by atoms with Crippen molar-refractivity contribution in [1.82, 2.24) is 4.72 Å². The quantitative estimate of drug-likeness (QED) is 0.546. The minimum absolute atomic E-state index is 0.00867. The predicted molar refractivity (Wildman–Crippen MR) is 117 cm³/mol. The zero-order valence-electron chi connectivity index (χ0n) is 15.5. The van der Waals surface area contributed by atoms with Gasteiger partial charge in [0, 0.05) is 16.4 Å². The van der Waals surface area contributed by atoms with Crippen LogP contribution in [-0.4, -0.2) is 15.0 Å². The minimum atomic E-state index is -1.18. The van der Waals surface area contributed by atoms with Crippen molar-refractivity contribution in [1.29, 1.82) is 0 Å². The highest BCUT2D eigenvalue weighted by Crippen LogP contribution is 2.25. The summed E-state index contributed by atoms with van der Waals surface area (Å²) in [5, 5.41) is 0. The van der Waals surface area contributed by atoms with Gasteiger partial charge < -0.3 is 0 Å². The number of hydrogen-bond acceptors (Lipinski definition) is 1. The smallest absolute Gasteiger partial charge is 0.0976 e. The molecule has 0 aromatic heterocycles. The zero-order chi connectivity index (χ0) is 19.2. The lowest BCUT2D eigenvalue weighted by Gasteiger charge is -2.27. The molecular formula is C22H26BrNOS. The molecule has 26 heavy (non-hydrogen) atoms. The molecule has 2 nitrogen and oxygen atoms in total. The van der Waals surface area contributed by atoms with E-state index < -0.39 is 11.0 Å². The Morgan fingerprint density at radius 3 is 2.23 bits per heavy atom. The fourth-order valence-electron chi connectivity index (χ4n) is 2.49. The van der Waals surface area contributed by atoms with Crippen LogP contribution in [0, 0.1) is 0 Å². The lowest BCUT2D eigenvalue weighted by molar-refractivity contribution is 0.604. The summed E-state index contributed by atoms with van der Waals surface area (Å²) in [6, 6.07) is 18.2. The predicted octanol–water partition coefficient (Wildman–Crippen LogP) is 5.85. The summed E-state index contributed by atoms with van der Waals surface area (Å²) in [5.74, 6) is 0.00867. The molecule has 0 radical (unpaired) electrons. The summed E-state index contributed by atoms with van der Waals surface area (Å²) in [4.78, 5) is 0. The lowest BCUT2D eigenvalue weighted by atomic mass is 9.91. The first-order chi connectivity index (χ1) is 12.3. The molecule has 0 saturated heterocycles. The molecule has 0 bridgehead atoms. The van der Waals surface area contributed by atoms with Crippen molar-refractivity contribution in [2.45, 2.75) is 37.5 Å². The second kappa shape index (κ2) is 9.45. The number of halogens is 1. The SMILES string of the molecule is C=C[C@H](c1ccc(Br)cc1)[C@H](/C=C/c1ccccc1)N[S@](=O)C(C)(C)C. The molecule has 0 amide bonds. The molecule has 0 aliphatic heterocycles. The first-order valence-corrected chi connectivity index (χ1v) is 10.5. The largest absolute Gasteiger partial charge is 0.242 e. The molecule has 138 valence electrons. The van der Waals surface area contributed by atoms with Crippen LogP contribution < -0.4 is 4.72 Å². The third-order valence-corrected chi connectivity index (χ3v) is 6.12. The Labute approximate surface area is 168 Å². The third-order valence-electron chi connectivity index (χ3n) is 3.99. The van der Waals surface area contributed by atoms with Gasteiger partial charge in [0.1, 0.15) is 0 Å². The van der Waals surface area contributed by atoms with E-state index in [-0.39, 0.29) is 16.7 Å². The maximum absolute atomic E-state index is 12.7. The van der Waals surface area contributed by atoms with Gasteiger partial charge in [0.05, 0.1) is 15.7 Å². The number of nitrogens with one attached hydrogen (secondary N) is 1. The molecule has 2 aromatic rings. The van der Waals surface area contributed by atoms with E-state index in [2.05, 4.69) is 63.6 Å². The van der Waals surface area contributed by atoms with Crippen molar-refractivity contribution >= 4 is 33.0 Å². The Morgan fingerprint density at radius 2 is 1.69 bits per heavy atom. The molecule has 0 aliphatic rings. The van der Waals surface area contributed by atoms with Gasteiger partial charge in [-0.25, -0.2) is 8.93 Å². The van der Waals surface area contributed by atoms with Gasteiger partial charge in [0.15, 0.2) is 0 Å². The van der Waals surface area contributed by atoms with Gasteiger partial charge >= 0.3 is 0 Å². The first-order valence-electron chi connectivity index (χ1n) is 8.60. The lowest BCUT2D eigenvalue weighted by Crippen LogP contribution is -2.41. The Morgan fingerprint density at radius 1 is 1.08 bits per heavy atom. The number of hydrogen-bond donors (Lipinski definition) is 1. The van der Waals surface area contributed by atoms with Crippen LogP contribution in [0.1, 0.15) is 37.8 Å². The maximum Gasteiger partial charge on any atom is 0.0976 e. The van der Waals surface area contributed by atoms with Crippen LogP contribution in [0.2, 0.25) is 0 Å². The van der Waals surface area contributed by atoms with Crippen LogP contribution in [0.4, 0.5) is 0 Å². The summed E-state index contributed by atoms with van der Waals surface area (Å²) in [7, 11) is -1.18. The van der Waals surface area contributed by atoms with Crippen molar-refractivity contribution in [3.8, 4) is 0 Å². The molecule has 2 rings (SSSR count). The Balaban J connectivity index is 2.34. The number of rotatable bonds is 7. The molecule has 2 aromatic carbocycles. The van der Waals surface area contributed by atoms with Crippen molar-refractivity contribution in [3.05, 3.63) is 88.9 Å². The van der Waals surface area contributed by atoms with E-state index in [1.165, 1.54) is 0 Å². The molecule has 0 aliphatic carbocycles. The highest BCUT2D eigenvalue weighted by atomic mass is 79.9. The van der Waals surface area contributed by atoms with Crippen molar-refractivity contribution in [2.75, 3.05) is 0 Å². The fraction of sp³-hybridized carbons (Fsp3) is 0.273. The highest BCUT2D eigenvalue weighted by Gasteiger charge is 2.26. The topological polar surface area (TPSA) is 29.1 Å².